The van der Waals surface area contributed by atoms with E-state index >= 15 is 0 Å². The molecule has 9 unspecified atom stereocenters. The average molecular weight is 356 g/mol. The van der Waals surface area contributed by atoms with E-state index < -0.39 is 0 Å². The summed E-state index contributed by atoms with van der Waals surface area (Å²) in [6, 6.07) is 0. The molecule has 0 aromatic rings. The Morgan fingerprint density at radius 2 is 1.96 bits per heavy atom. The topological polar surface area (TPSA) is 46.8 Å². The molecular formula is C22H28O4. The van der Waals surface area contributed by atoms with Gasteiger partial charge in [0.05, 0.1) is 6.10 Å². The minimum absolute atomic E-state index is 0.0353. The fourth-order valence-electron chi connectivity index (χ4n) is 8.38. The molecule has 4 aliphatic heterocycles. The van der Waals surface area contributed by atoms with E-state index in [2.05, 4.69) is 34.3 Å². The van der Waals surface area contributed by atoms with Crippen LogP contribution in [0.2, 0.25) is 0 Å². The van der Waals surface area contributed by atoms with Crippen molar-refractivity contribution in [2.45, 2.75) is 82.1 Å². The average Bonchev–Trinajstić information content (AvgIpc) is 3.47. The molecule has 2 saturated carbocycles. The van der Waals surface area contributed by atoms with Gasteiger partial charge in [-0.25, -0.2) is 0 Å². The highest BCUT2D eigenvalue weighted by Crippen LogP contribution is 2.84. The zero-order valence-electron chi connectivity index (χ0n) is 16.1. The third kappa shape index (κ3) is 1.16. The minimum atomic E-state index is -0.158. The van der Waals surface area contributed by atoms with Crippen molar-refractivity contribution in [3.63, 3.8) is 0 Å². The standard InChI is InChI=1S/C22H28O4/c1-10(2)20-12(4)21-16(24-21)8-15-14-9-23-11(3)13(14)6-7-19(15,5)22(21)18(26-22)17(20)25-20/h10,12,15-18H,3,6-9H2,1-2,4-5H3. The molecule has 4 nitrogen and oxygen atoms in total. The van der Waals surface area contributed by atoms with Gasteiger partial charge in [0.1, 0.15) is 41.4 Å². The van der Waals surface area contributed by atoms with E-state index in [1.54, 1.807) is 0 Å². The molecule has 140 valence electrons. The maximum absolute atomic E-state index is 6.73. The molecule has 4 heteroatoms. The van der Waals surface area contributed by atoms with Gasteiger partial charge in [-0.15, -0.1) is 0 Å². The molecule has 7 aliphatic rings. The summed E-state index contributed by atoms with van der Waals surface area (Å²) in [4.78, 5) is 0. The Bertz CT molecular complexity index is 815. The SMILES string of the molecule is C=C1OCC2=C1CCC1(C)C2CC2OC23C(C)C2(C(C)C)OC2C2OC213. The summed E-state index contributed by atoms with van der Waals surface area (Å²) in [7, 11) is 0. The summed E-state index contributed by atoms with van der Waals surface area (Å²) in [6.07, 6.45) is 4.09. The van der Waals surface area contributed by atoms with Gasteiger partial charge in [0.25, 0.3) is 0 Å². The molecule has 4 heterocycles. The quantitative estimate of drug-likeness (QED) is 0.676. The van der Waals surface area contributed by atoms with Gasteiger partial charge in [-0.2, -0.15) is 0 Å². The van der Waals surface area contributed by atoms with Gasteiger partial charge < -0.3 is 18.9 Å². The molecule has 0 aromatic heterocycles. The van der Waals surface area contributed by atoms with Crippen molar-refractivity contribution in [2.24, 2.45) is 23.2 Å². The van der Waals surface area contributed by atoms with E-state index in [1.807, 2.05) is 0 Å². The van der Waals surface area contributed by atoms with Crippen LogP contribution in [0.15, 0.2) is 23.5 Å². The molecule has 26 heavy (non-hydrogen) atoms. The summed E-state index contributed by atoms with van der Waals surface area (Å²) in [6.45, 7) is 14.3. The molecule has 0 radical (unpaired) electrons. The first-order valence-electron chi connectivity index (χ1n) is 10.4. The monoisotopic (exact) mass is 356 g/mol. The van der Waals surface area contributed by atoms with E-state index in [0.717, 1.165) is 31.6 Å². The smallest absolute Gasteiger partial charge is 0.135 e. The highest BCUT2D eigenvalue weighted by atomic mass is 16.7. The van der Waals surface area contributed by atoms with E-state index in [-0.39, 0.29) is 34.4 Å². The van der Waals surface area contributed by atoms with Crippen molar-refractivity contribution in [3.8, 4) is 0 Å². The van der Waals surface area contributed by atoms with Crippen molar-refractivity contribution in [3.05, 3.63) is 23.5 Å². The fraction of sp³-hybridized carbons (Fsp3) is 0.818. The van der Waals surface area contributed by atoms with Crippen molar-refractivity contribution in [2.75, 3.05) is 6.61 Å². The zero-order valence-corrected chi connectivity index (χ0v) is 16.1. The normalized spacial score (nSPS) is 63.1. The van der Waals surface area contributed by atoms with Gasteiger partial charge in [0.2, 0.25) is 0 Å². The molecule has 2 spiro atoms. The lowest BCUT2D eigenvalue weighted by molar-refractivity contribution is -0.0555. The van der Waals surface area contributed by atoms with Crippen molar-refractivity contribution in [1.82, 2.24) is 0 Å². The Morgan fingerprint density at radius 3 is 2.73 bits per heavy atom. The molecule has 0 bridgehead atoms. The van der Waals surface area contributed by atoms with Gasteiger partial charge in [-0.3, -0.25) is 0 Å². The summed E-state index contributed by atoms with van der Waals surface area (Å²) >= 11 is 0. The van der Waals surface area contributed by atoms with Gasteiger partial charge >= 0.3 is 0 Å². The number of ether oxygens (including phenoxy) is 4. The summed E-state index contributed by atoms with van der Waals surface area (Å²) in [5.41, 5.74) is 2.66. The highest BCUT2D eigenvalue weighted by molar-refractivity contribution is 5.50. The molecule has 9 atom stereocenters. The van der Waals surface area contributed by atoms with E-state index in [4.69, 9.17) is 18.9 Å². The van der Waals surface area contributed by atoms with Crippen LogP contribution in [0.1, 0.15) is 47.0 Å². The second-order valence-electron chi connectivity index (χ2n) is 10.4. The maximum atomic E-state index is 6.73. The van der Waals surface area contributed by atoms with Crippen LogP contribution in [-0.2, 0) is 18.9 Å². The largest absolute Gasteiger partial charge is 0.490 e. The number of fused-ring (bicyclic) bond motifs is 4. The Hall–Kier alpha value is -0.840. The van der Waals surface area contributed by atoms with Gasteiger partial charge in [-0.1, -0.05) is 34.3 Å². The van der Waals surface area contributed by atoms with Crippen LogP contribution in [0.3, 0.4) is 0 Å². The van der Waals surface area contributed by atoms with E-state index in [0.29, 0.717) is 23.9 Å². The van der Waals surface area contributed by atoms with Crippen molar-refractivity contribution < 1.29 is 18.9 Å². The molecule has 7 rings (SSSR count). The maximum Gasteiger partial charge on any atom is 0.135 e. The molecular weight excluding hydrogens is 328 g/mol. The predicted molar refractivity (Wildman–Crippen MR) is 94.4 cm³/mol. The Morgan fingerprint density at radius 1 is 1.15 bits per heavy atom. The second-order valence-corrected chi connectivity index (χ2v) is 10.4. The summed E-state index contributed by atoms with van der Waals surface area (Å²) < 4.78 is 25.7. The van der Waals surface area contributed by atoms with E-state index in [9.17, 15) is 0 Å². The number of hydrogen-bond donors (Lipinski definition) is 0. The lowest BCUT2D eigenvalue weighted by Gasteiger charge is -2.54. The highest BCUT2D eigenvalue weighted by Gasteiger charge is 2.99. The first-order chi connectivity index (χ1) is 12.3. The van der Waals surface area contributed by atoms with Gasteiger partial charge in [-0.05, 0) is 42.2 Å². The number of hydrogen-bond acceptors (Lipinski definition) is 4. The second kappa shape index (κ2) is 3.83. The lowest BCUT2D eigenvalue weighted by Crippen LogP contribution is -2.66. The molecule has 5 fully saturated rings. The van der Waals surface area contributed by atoms with Crippen LogP contribution >= 0.6 is 0 Å². The Balaban J connectivity index is 1.39. The fourth-order valence-corrected chi connectivity index (χ4v) is 8.38. The minimum Gasteiger partial charge on any atom is -0.490 e. The van der Waals surface area contributed by atoms with E-state index in [1.165, 1.54) is 11.1 Å². The van der Waals surface area contributed by atoms with Crippen LogP contribution in [0.4, 0.5) is 0 Å². The van der Waals surface area contributed by atoms with Crippen LogP contribution in [0, 0.1) is 23.2 Å². The Kier molecular flexibility index (Phi) is 2.23. The zero-order chi connectivity index (χ0) is 17.9. The van der Waals surface area contributed by atoms with Gasteiger partial charge in [0.15, 0.2) is 0 Å². The van der Waals surface area contributed by atoms with Gasteiger partial charge in [0, 0.05) is 11.3 Å². The number of allylic oxidation sites excluding steroid dienone is 1. The van der Waals surface area contributed by atoms with Crippen LogP contribution in [0.5, 0.6) is 0 Å². The third-order valence-corrected chi connectivity index (χ3v) is 9.72. The molecule has 0 N–H and O–H groups in total. The molecule has 0 aromatic carbocycles. The number of epoxide rings is 3. The first kappa shape index (κ1) is 15.1. The first-order valence-corrected chi connectivity index (χ1v) is 10.4. The summed E-state index contributed by atoms with van der Waals surface area (Å²) in [5, 5.41) is 0. The molecule has 0 amide bonds. The Labute approximate surface area is 154 Å². The van der Waals surface area contributed by atoms with Crippen molar-refractivity contribution in [1.29, 1.82) is 0 Å². The van der Waals surface area contributed by atoms with Crippen LogP contribution in [0.25, 0.3) is 0 Å². The van der Waals surface area contributed by atoms with Crippen LogP contribution < -0.4 is 0 Å². The lowest BCUT2D eigenvalue weighted by atomic mass is 9.45. The number of rotatable bonds is 1. The van der Waals surface area contributed by atoms with Crippen molar-refractivity contribution >= 4 is 0 Å². The predicted octanol–water partition coefficient (Wildman–Crippen LogP) is 3.37. The van der Waals surface area contributed by atoms with Crippen LogP contribution in [-0.4, -0.2) is 41.7 Å². The molecule has 3 saturated heterocycles. The summed E-state index contributed by atoms with van der Waals surface area (Å²) in [5.74, 6) is 2.30. The molecule has 3 aliphatic carbocycles. The third-order valence-electron chi connectivity index (χ3n) is 9.72.